The van der Waals surface area contributed by atoms with Gasteiger partial charge in [0.2, 0.25) is 0 Å². The molecule has 1 aliphatic rings. The number of anilines is 1. The monoisotopic (exact) mass is 409 g/mol. The average molecular weight is 409 g/mol. The van der Waals surface area contributed by atoms with E-state index in [1.165, 1.54) is 19.2 Å². The van der Waals surface area contributed by atoms with Crippen LogP contribution in [0.4, 0.5) is 10.1 Å². The molecule has 0 atom stereocenters. The number of halogens is 1. The Hall–Kier alpha value is -3.35. The summed E-state index contributed by atoms with van der Waals surface area (Å²) < 4.78 is 24.7. The second kappa shape index (κ2) is 8.18. The molecule has 1 saturated heterocycles. The Bertz CT molecular complexity index is 1090. The number of benzene rings is 2. The van der Waals surface area contributed by atoms with Crippen LogP contribution in [0.1, 0.15) is 16.1 Å². The molecule has 2 aromatic carbocycles. The summed E-state index contributed by atoms with van der Waals surface area (Å²) in [4.78, 5) is 21.7. The van der Waals surface area contributed by atoms with Gasteiger partial charge in [-0.05, 0) is 36.8 Å². The maximum atomic E-state index is 13.8. The number of amides is 1. The van der Waals surface area contributed by atoms with E-state index in [-0.39, 0.29) is 11.7 Å². The maximum absolute atomic E-state index is 13.8. The number of fused-ring (bicyclic) bond motifs is 1. The SMILES string of the molecule is COc1ccccc1N1CCN(C(=O)c2cc(OC)c3cc(F)cc(C)c3n2)CC1. The van der Waals surface area contributed by atoms with E-state index in [9.17, 15) is 9.18 Å². The fraction of sp³-hybridized carbons (Fsp3) is 0.304. The van der Waals surface area contributed by atoms with E-state index in [4.69, 9.17) is 9.47 Å². The first-order chi connectivity index (χ1) is 14.5. The molecule has 7 heteroatoms. The van der Waals surface area contributed by atoms with Crippen molar-refractivity contribution in [1.82, 2.24) is 9.88 Å². The predicted molar refractivity (Wildman–Crippen MR) is 114 cm³/mol. The molecule has 2 heterocycles. The molecule has 1 fully saturated rings. The summed E-state index contributed by atoms with van der Waals surface area (Å²) in [5.41, 5.74) is 2.57. The van der Waals surface area contributed by atoms with Crippen LogP contribution in [0, 0.1) is 12.7 Å². The molecule has 156 valence electrons. The lowest BCUT2D eigenvalue weighted by Crippen LogP contribution is -2.49. The van der Waals surface area contributed by atoms with Crippen LogP contribution in [0.3, 0.4) is 0 Å². The van der Waals surface area contributed by atoms with Crippen LogP contribution in [0.2, 0.25) is 0 Å². The average Bonchev–Trinajstić information content (AvgIpc) is 2.78. The third kappa shape index (κ3) is 3.63. The summed E-state index contributed by atoms with van der Waals surface area (Å²) in [5.74, 6) is 0.754. The number of hydrogen-bond acceptors (Lipinski definition) is 5. The number of pyridine rings is 1. The number of rotatable bonds is 4. The van der Waals surface area contributed by atoms with E-state index < -0.39 is 0 Å². The zero-order valence-electron chi connectivity index (χ0n) is 17.3. The molecule has 0 aliphatic carbocycles. The van der Waals surface area contributed by atoms with Crippen molar-refractivity contribution < 1.29 is 18.7 Å². The number of para-hydroxylation sites is 2. The molecule has 0 bridgehead atoms. The topological polar surface area (TPSA) is 54.9 Å². The van der Waals surface area contributed by atoms with Crippen molar-refractivity contribution in [3.8, 4) is 11.5 Å². The predicted octanol–water partition coefficient (Wildman–Crippen LogP) is 3.66. The molecule has 0 N–H and O–H groups in total. The van der Waals surface area contributed by atoms with Gasteiger partial charge >= 0.3 is 0 Å². The molecule has 1 aromatic heterocycles. The number of piperazine rings is 1. The van der Waals surface area contributed by atoms with Gasteiger partial charge in [0.25, 0.3) is 5.91 Å². The number of nitrogens with zero attached hydrogens (tertiary/aromatic N) is 3. The van der Waals surface area contributed by atoms with Gasteiger partial charge in [0.05, 0.1) is 25.4 Å². The Morgan fingerprint density at radius 1 is 1.00 bits per heavy atom. The molecule has 0 saturated carbocycles. The van der Waals surface area contributed by atoms with Crippen LogP contribution in [-0.4, -0.2) is 56.2 Å². The summed E-state index contributed by atoms with van der Waals surface area (Å²) in [6, 6.07) is 12.3. The van der Waals surface area contributed by atoms with Crippen molar-refractivity contribution in [3.63, 3.8) is 0 Å². The molecule has 1 aliphatic heterocycles. The standard InChI is InChI=1S/C23H24FN3O3/c1-15-12-16(24)13-17-21(30-3)14-18(25-22(15)17)23(28)27-10-8-26(9-11-27)19-6-4-5-7-20(19)29-2/h4-7,12-14H,8-11H2,1-3H3. The lowest BCUT2D eigenvalue weighted by molar-refractivity contribution is 0.0741. The van der Waals surface area contributed by atoms with Gasteiger partial charge in [-0.1, -0.05) is 12.1 Å². The summed E-state index contributed by atoms with van der Waals surface area (Å²) in [7, 11) is 3.17. The highest BCUT2D eigenvalue weighted by Gasteiger charge is 2.25. The van der Waals surface area contributed by atoms with Crippen LogP contribution in [0.5, 0.6) is 11.5 Å². The quantitative estimate of drug-likeness (QED) is 0.658. The highest BCUT2D eigenvalue weighted by molar-refractivity contribution is 5.98. The zero-order valence-corrected chi connectivity index (χ0v) is 17.3. The Balaban J connectivity index is 1.56. The summed E-state index contributed by atoms with van der Waals surface area (Å²) in [6.45, 7) is 4.31. The fourth-order valence-electron chi connectivity index (χ4n) is 3.91. The van der Waals surface area contributed by atoms with E-state index in [2.05, 4.69) is 9.88 Å². The van der Waals surface area contributed by atoms with Crippen LogP contribution in [0.25, 0.3) is 10.9 Å². The van der Waals surface area contributed by atoms with Crippen LogP contribution in [-0.2, 0) is 0 Å². The molecule has 4 rings (SSSR count). The van der Waals surface area contributed by atoms with Gasteiger partial charge in [0, 0.05) is 37.6 Å². The highest BCUT2D eigenvalue weighted by atomic mass is 19.1. The number of ether oxygens (including phenoxy) is 2. The first-order valence-electron chi connectivity index (χ1n) is 9.84. The number of carbonyl (C=O) groups excluding carboxylic acids is 1. The van der Waals surface area contributed by atoms with Gasteiger partial charge in [-0.3, -0.25) is 4.79 Å². The molecule has 0 radical (unpaired) electrons. The van der Waals surface area contributed by atoms with Crippen LogP contribution < -0.4 is 14.4 Å². The molecule has 0 unspecified atom stereocenters. The second-order valence-corrected chi connectivity index (χ2v) is 7.28. The minimum Gasteiger partial charge on any atom is -0.496 e. The number of methoxy groups -OCH3 is 2. The summed E-state index contributed by atoms with van der Waals surface area (Å²) in [6.07, 6.45) is 0. The minimum absolute atomic E-state index is 0.154. The molecule has 3 aromatic rings. The van der Waals surface area contributed by atoms with Crippen molar-refractivity contribution in [1.29, 1.82) is 0 Å². The van der Waals surface area contributed by atoms with E-state index in [0.29, 0.717) is 54.1 Å². The number of carbonyl (C=O) groups is 1. The second-order valence-electron chi connectivity index (χ2n) is 7.28. The third-order valence-electron chi connectivity index (χ3n) is 5.46. The van der Waals surface area contributed by atoms with Crippen molar-refractivity contribution in [3.05, 3.63) is 59.5 Å². The summed E-state index contributed by atoms with van der Waals surface area (Å²) >= 11 is 0. The Morgan fingerprint density at radius 3 is 2.40 bits per heavy atom. The highest BCUT2D eigenvalue weighted by Crippen LogP contribution is 2.30. The summed E-state index contributed by atoms with van der Waals surface area (Å²) in [5, 5.41) is 0.563. The van der Waals surface area contributed by atoms with Gasteiger partial charge in [-0.15, -0.1) is 0 Å². The lowest BCUT2D eigenvalue weighted by Gasteiger charge is -2.36. The van der Waals surface area contributed by atoms with E-state index >= 15 is 0 Å². The number of hydrogen-bond donors (Lipinski definition) is 0. The molecule has 0 spiro atoms. The normalized spacial score (nSPS) is 14.1. The first-order valence-corrected chi connectivity index (χ1v) is 9.84. The number of aryl methyl sites for hydroxylation is 1. The van der Waals surface area contributed by atoms with Crippen molar-refractivity contribution >= 4 is 22.5 Å². The Kier molecular flexibility index (Phi) is 5.44. The van der Waals surface area contributed by atoms with Crippen molar-refractivity contribution in [2.45, 2.75) is 6.92 Å². The largest absolute Gasteiger partial charge is 0.496 e. The van der Waals surface area contributed by atoms with E-state index in [0.717, 1.165) is 11.4 Å². The van der Waals surface area contributed by atoms with Gasteiger partial charge in [0.15, 0.2) is 0 Å². The van der Waals surface area contributed by atoms with Gasteiger partial charge in [0.1, 0.15) is 23.0 Å². The number of aromatic nitrogens is 1. The Morgan fingerprint density at radius 2 is 1.70 bits per heavy atom. The molecule has 30 heavy (non-hydrogen) atoms. The third-order valence-corrected chi connectivity index (χ3v) is 5.46. The molecular weight excluding hydrogens is 385 g/mol. The van der Waals surface area contributed by atoms with Crippen LogP contribution >= 0.6 is 0 Å². The molecule has 6 nitrogen and oxygen atoms in total. The smallest absolute Gasteiger partial charge is 0.272 e. The molecule has 1 amide bonds. The van der Waals surface area contributed by atoms with Gasteiger partial charge in [-0.25, -0.2) is 9.37 Å². The fourth-order valence-corrected chi connectivity index (χ4v) is 3.91. The molecular formula is C23H24FN3O3. The van der Waals surface area contributed by atoms with Crippen molar-refractivity contribution in [2.75, 3.05) is 45.3 Å². The van der Waals surface area contributed by atoms with E-state index in [1.54, 1.807) is 25.0 Å². The van der Waals surface area contributed by atoms with Crippen molar-refractivity contribution in [2.24, 2.45) is 0 Å². The lowest BCUT2D eigenvalue weighted by atomic mass is 10.1. The minimum atomic E-state index is -0.355. The Labute approximate surface area is 174 Å². The van der Waals surface area contributed by atoms with Gasteiger partial charge in [-0.2, -0.15) is 0 Å². The zero-order chi connectivity index (χ0) is 21.3. The first kappa shape index (κ1) is 19.9. The van der Waals surface area contributed by atoms with Crippen LogP contribution in [0.15, 0.2) is 42.5 Å². The van der Waals surface area contributed by atoms with E-state index in [1.807, 2.05) is 24.3 Å². The van der Waals surface area contributed by atoms with Gasteiger partial charge < -0.3 is 19.3 Å². The maximum Gasteiger partial charge on any atom is 0.272 e.